The number of ether oxygens (including phenoxy) is 2. The Balaban J connectivity index is 2.00. The van der Waals surface area contributed by atoms with Crippen LogP contribution in [0.25, 0.3) is 0 Å². The molecule has 2 rings (SSSR count). The zero-order valence-electron chi connectivity index (χ0n) is 17.7. The Labute approximate surface area is 166 Å². The molecule has 1 aliphatic rings. The van der Waals surface area contributed by atoms with E-state index in [1.165, 1.54) is 0 Å². The summed E-state index contributed by atoms with van der Waals surface area (Å²) in [7, 11) is 0. The lowest BCUT2D eigenvalue weighted by atomic mass is 10.0. The molecule has 1 aliphatic heterocycles. The summed E-state index contributed by atoms with van der Waals surface area (Å²) in [5, 5.41) is 5.82. The number of carbonyl (C=O) groups is 2. The number of hydrogen-bond acceptors (Lipinski definition) is 6. The van der Waals surface area contributed by atoms with Gasteiger partial charge in [-0.05, 0) is 60.1 Å². The monoisotopic (exact) mass is 395 g/mol. The fraction of sp³-hybridized carbons (Fsp3) is 0.700. The Morgan fingerprint density at radius 3 is 1.93 bits per heavy atom. The van der Waals surface area contributed by atoms with E-state index in [0.717, 1.165) is 5.76 Å². The van der Waals surface area contributed by atoms with Crippen molar-refractivity contribution < 1.29 is 23.5 Å². The average molecular weight is 396 g/mol. The van der Waals surface area contributed by atoms with Crippen LogP contribution in [0.3, 0.4) is 0 Å². The van der Waals surface area contributed by atoms with Crippen LogP contribution < -0.4 is 10.6 Å². The number of alkyl carbamates (subject to hydrolysis) is 2. The molecule has 2 N–H and O–H groups in total. The van der Waals surface area contributed by atoms with Gasteiger partial charge in [-0.2, -0.15) is 0 Å². The maximum absolute atomic E-state index is 12.2. The molecule has 0 saturated carbocycles. The Bertz CT molecular complexity index is 608. The number of hydrogen-bond donors (Lipinski definition) is 2. The van der Waals surface area contributed by atoms with Crippen LogP contribution in [0.4, 0.5) is 9.59 Å². The fourth-order valence-electron chi connectivity index (χ4n) is 3.10. The lowest BCUT2D eigenvalue weighted by Crippen LogP contribution is -2.57. The topological polar surface area (TPSA) is 93.0 Å². The number of amides is 2. The highest BCUT2D eigenvalue weighted by molar-refractivity contribution is 5.69. The molecule has 0 radical (unpaired) electrons. The quantitative estimate of drug-likeness (QED) is 0.813. The number of nitrogens with one attached hydrogen (secondary N) is 2. The summed E-state index contributed by atoms with van der Waals surface area (Å²) in [6, 6.07) is 3.41. The number of nitrogens with zero attached hydrogens (tertiary/aromatic N) is 1. The highest BCUT2D eigenvalue weighted by atomic mass is 16.6. The Morgan fingerprint density at radius 1 is 1.04 bits per heavy atom. The van der Waals surface area contributed by atoms with E-state index in [1.54, 1.807) is 6.26 Å². The Kier molecular flexibility index (Phi) is 6.98. The van der Waals surface area contributed by atoms with Gasteiger partial charge >= 0.3 is 12.2 Å². The van der Waals surface area contributed by atoms with Crippen molar-refractivity contribution >= 4 is 12.2 Å². The first-order valence-electron chi connectivity index (χ1n) is 9.63. The molecule has 0 aliphatic carbocycles. The van der Waals surface area contributed by atoms with Crippen LogP contribution in [0.5, 0.6) is 0 Å². The van der Waals surface area contributed by atoms with Gasteiger partial charge in [0.05, 0.1) is 12.8 Å². The van der Waals surface area contributed by atoms with E-state index in [0.29, 0.717) is 26.1 Å². The van der Waals surface area contributed by atoms with Gasteiger partial charge in [0.25, 0.3) is 0 Å². The SMILES string of the molecule is CC(C)(C)OC(=O)NC1CC(NC(=O)OC(C)(C)C)CN(Cc2ccco2)C1. The van der Waals surface area contributed by atoms with E-state index in [1.807, 2.05) is 53.7 Å². The van der Waals surface area contributed by atoms with Crippen molar-refractivity contribution in [3.8, 4) is 0 Å². The van der Waals surface area contributed by atoms with Gasteiger partial charge in [0.2, 0.25) is 0 Å². The predicted octanol–water partition coefficient (Wildman–Crippen LogP) is 3.27. The standard InChI is InChI=1S/C20H33N3O5/c1-19(2,3)27-17(24)21-14-10-15(22-18(25)28-20(4,5)6)12-23(11-14)13-16-8-7-9-26-16/h7-9,14-15H,10-13H2,1-6H3,(H,21,24)(H,22,25). The minimum atomic E-state index is -0.569. The van der Waals surface area contributed by atoms with Crippen molar-refractivity contribution in [2.75, 3.05) is 13.1 Å². The van der Waals surface area contributed by atoms with Crippen molar-refractivity contribution in [3.05, 3.63) is 24.2 Å². The third kappa shape index (κ3) is 8.21. The summed E-state index contributed by atoms with van der Waals surface area (Å²) < 4.78 is 16.2. The summed E-state index contributed by atoms with van der Waals surface area (Å²) in [5.41, 5.74) is -1.14. The number of furan rings is 1. The highest BCUT2D eigenvalue weighted by Crippen LogP contribution is 2.17. The minimum absolute atomic E-state index is 0.168. The van der Waals surface area contributed by atoms with E-state index in [9.17, 15) is 9.59 Å². The molecule has 28 heavy (non-hydrogen) atoms. The third-order valence-corrected chi connectivity index (χ3v) is 3.93. The second-order valence-corrected chi connectivity index (χ2v) is 9.20. The van der Waals surface area contributed by atoms with Gasteiger partial charge in [0.1, 0.15) is 17.0 Å². The second-order valence-electron chi connectivity index (χ2n) is 9.20. The van der Waals surface area contributed by atoms with Crippen LogP contribution in [-0.4, -0.2) is 53.5 Å². The Morgan fingerprint density at radius 2 is 1.54 bits per heavy atom. The van der Waals surface area contributed by atoms with Crippen LogP contribution in [0.2, 0.25) is 0 Å². The summed E-state index contributed by atoms with van der Waals surface area (Å²) in [5.74, 6) is 0.828. The summed E-state index contributed by atoms with van der Waals surface area (Å²) in [4.78, 5) is 26.5. The molecular formula is C20H33N3O5. The van der Waals surface area contributed by atoms with Crippen LogP contribution in [0.15, 0.2) is 22.8 Å². The van der Waals surface area contributed by atoms with E-state index >= 15 is 0 Å². The molecule has 1 saturated heterocycles. The molecule has 1 aromatic rings. The normalized spacial score (nSPS) is 21.1. The van der Waals surface area contributed by atoms with Crippen LogP contribution in [0, 0.1) is 0 Å². The molecule has 2 atom stereocenters. The van der Waals surface area contributed by atoms with Gasteiger partial charge in [-0.1, -0.05) is 0 Å². The lowest BCUT2D eigenvalue weighted by Gasteiger charge is -2.38. The Hall–Kier alpha value is -2.22. The number of piperidine rings is 1. The molecule has 8 nitrogen and oxygen atoms in total. The van der Waals surface area contributed by atoms with E-state index in [4.69, 9.17) is 13.9 Å². The first-order chi connectivity index (χ1) is 12.9. The van der Waals surface area contributed by atoms with E-state index in [2.05, 4.69) is 15.5 Å². The molecule has 2 unspecified atom stereocenters. The second kappa shape index (κ2) is 8.86. The molecule has 1 aromatic heterocycles. The first-order valence-corrected chi connectivity index (χ1v) is 9.63. The fourth-order valence-corrected chi connectivity index (χ4v) is 3.10. The molecule has 8 heteroatoms. The molecular weight excluding hydrogens is 362 g/mol. The van der Waals surface area contributed by atoms with Crippen molar-refractivity contribution in [3.63, 3.8) is 0 Å². The van der Waals surface area contributed by atoms with Gasteiger partial charge in [-0.15, -0.1) is 0 Å². The molecule has 0 bridgehead atoms. The van der Waals surface area contributed by atoms with Gasteiger partial charge in [0.15, 0.2) is 0 Å². The third-order valence-electron chi connectivity index (χ3n) is 3.93. The molecule has 0 spiro atoms. The van der Waals surface area contributed by atoms with Gasteiger partial charge in [-0.25, -0.2) is 9.59 Å². The maximum Gasteiger partial charge on any atom is 0.407 e. The number of rotatable bonds is 4. The first kappa shape index (κ1) is 22.1. The van der Waals surface area contributed by atoms with E-state index in [-0.39, 0.29) is 12.1 Å². The van der Waals surface area contributed by atoms with Crippen LogP contribution in [-0.2, 0) is 16.0 Å². The molecule has 2 heterocycles. The summed E-state index contributed by atoms with van der Waals surface area (Å²) in [6.45, 7) is 12.8. The molecule has 2 amide bonds. The summed E-state index contributed by atoms with van der Waals surface area (Å²) >= 11 is 0. The van der Waals surface area contributed by atoms with Crippen molar-refractivity contribution in [1.29, 1.82) is 0 Å². The minimum Gasteiger partial charge on any atom is -0.468 e. The smallest absolute Gasteiger partial charge is 0.407 e. The van der Waals surface area contributed by atoms with Crippen molar-refractivity contribution in [2.24, 2.45) is 0 Å². The van der Waals surface area contributed by atoms with Crippen LogP contribution in [0.1, 0.15) is 53.7 Å². The zero-order chi connectivity index (χ0) is 20.9. The predicted molar refractivity (Wildman–Crippen MR) is 105 cm³/mol. The zero-order valence-corrected chi connectivity index (χ0v) is 17.7. The summed E-state index contributed by atoms with van der Waals surface area (Å²) in [6.07, 6.45) is 1.29. The molecule has 158 valence electrons. The van der Waals surface area contributed by atoms with Crippen LogP contribution >= 0.6 is 0 Å². The van der Waals surface area contributed by atoms with Gasteiger partial charge in [0, 0.05) is 25.2 Å². The van der Waals surface area contributed by atoms with E-state index < -0.39 is 23.4 Å². The largest absolute Gasteiger partial charge is 0.468 e. The maximum atomic E-state index is 12.2. The molecule has 1 fully saturated rings. The van der Waals surface area contributed by atoms with Gasteiger partial charge in [-0.3, -0.25) is 4.90 Å². The highest BCUT2D eigenvalue weighted by Gasteiger charge is 2.31. The number of likely N-dealkylation sites (tertiary alicyclic amines) is 1. The van der Waals surface area contributed by atoms with Crippen molar-refractivity contribution in [2.45, 2.75) is 77.8 Å². The molecule has 0 aromatic carbocycles. The number of carbonyl (C=O) groups excluding carboxylic acids is 2. The lowest BCUT2D eigenvalue weighted by molar-refractivity contribution is 0.0405. The van der Waals surface area contributed by atoms with Gasteiger partial charge < -0.3 is 24.5 Å². The average Bonchev–Trinajstić information content (AvgIpc) is 2.95. The van der Waals surface area contributed by atoms with Crippen molar-refractivity contribution in [1.82, 2.24) is 15.5 Å².